The molecule has 2 heterocycles. The molecule has 5 nitrogen and oxygen atoms in total. The number of hydrogen-bond acceptors (Lipinski definition) is 6. The average Bonchev–Trinajstić information content (AvgIpc) is 3.39. The van der Waals surface area contributed by atoms with E-state index in [-0.39, 0.29) is 0 Å². The number of hydrogen-bond donors (Lipinski definition) is 0. The molecule has 2 aromatic carbocycles. The lowest BCUT2D eigenvalue weighted by Crippen LogP contribution is -1.99. The van der Waals surface area contributed by atoms with Crippen LogP contribution in [0.15, 0.2) is 59.1 Å². The molecule has 2 aromatic heterocycles. The Labute approximate surface area is 182 Å². The van der Waals surface area contributed by atoms with Crippen LogP contribution in [-0.4, -0.2) is 26.9 Å². The van der Waals surface area contributed by atoms with Gasteiger partial charge < -0.3 is 9.30 Å². The van der Waals surface area contributed by atoms with E-state index in [2.05, 4.69) is 27.1 Å². The summed E-state index contributed by atoms with van der Waals surface area (Å²) in [5, 5.41) is 13.4. The zero-order valence-corrected chi connectivity index (χ0v) is 18.4. The van der Waals surface area contributed by atoms with Crippen molar-refractivity contribution in [3.05, 3.63) is 64.6 Å². The number of ether oxygens (including phenoxy) is 1. The van der Waals surface area contributed by atoms with Crippen LogP contribution in [0.3, 0.4) is 0 Å². The van der Waals surface area contributed by atoms with Crippen molar-refractivity contribution in [2.24, 2.45) is 0 Å². The van der Waals surface area contributed by atoms with Crippen molar-refractivity contribution in [1.82, 2.24) is 19.7 Å². The molecule has 0 amide bonds. The van der Waals surface area contributed by atoms with Crippen molar-refractivity contribution in [1.29, 1.82) is 0 Å². The second-order valence-electron chi connectivity index (χ2n) is 6.19. The minimum Gasteiger partial charge on any atom is -0.496 e. The molecule has 0 N–H and O–H groups in total. The summed E-state index contributed by atoms with van der Waals surface area (Å²) >= 11 is 9.26. The molecule has 0 fully saturated rings. The van der Waals surface area contributed by atoms with Crippen LogP contribution in [-0.2, 0) is 12.3 Å². The molecule has 0 unspecified atom stereocenters. The largest absolute Gasteiger partial charge is 0.496 e. The summed E-state index contributed by atoms with van der Waals surface area (Å²) in [7, 11) is 1.68. The topological polar surface area (TPSA) is 52.8 Å². The number of aromatic nitrogens is 4. The van der Waals surface area contributed by atoms with Crippen LogP contribution in [0.25, 0.3) is 22.0 Å². The molecular formula is C21H19ClN4OS2. The predicted octanol–water partition coefficient (Wildman–Crippen LogP) is 6.04. The van der Waals surface area contributed by atoms with Crippen LogP contribution < -0.4 is 4.74 Å². The minimum absolute atomic E-state index is 0.709. The quantitative estimate of drug-likeness (QED) is 0.326. The fraction of sp³-hybridized carbons (Fsp3) is 0.190. The number of thiazole rings is 1. The molecule has 0 aliphatic carbocycles. The molecular weight excluding hydrogens is 424 g/mol. The van der Waals surface area contributed by atoms with E-state index in [0.29, 0.717) is 5.02 Å². The van der Waals surface area contributed by atoms with Gasteiger partial charge in [-0.3, -0.25) is 0 Å². The highest BCUT2D eigenvalue weighted by atomic mass is 35.5. The van der Waals surface area contributed by atoms with Crippen molar-refractivity contribution in [3.8, 4) is 27.7 Å². The Morgan fingerprint density at radius 3 is 2.66 bits per heavy atom. The number of methoxy groups -OCH3 is 1. The highest BCUT2D eigenvalue weighted by Gasteiger charge is 2.15. The molecule has 8 heteroatoms. The van der Waals surface area contributed by atoms with E-state index in [1.807, 2.05) is 48.5 Å². The van der Waals surface area contributed by atoms with E-state index in [9.17, 15) is 0 Å². The van der Waals surface area contributed by atoms with Crippen LogP contribution in [0.2, 0.25) is 5.02 Å². The van der Waals surface area contributed by atoms with E-state index >= 15 is 0 Å². The van der Waals surface area contributed by atoms with E-state index < -0.39 is 0 Å². The second-order valence-corrected chi connectivity index (χ2v) is 8.43. The van der Waals surface area contributed by atoms with Gasteiger partial charge in [0, 0.05) is 28.3 Å². The lowest BCUT2D eigenvalue weighted by atomic mass is 10.2. The molecule has 0 aliphatic rings. The lowest BCUT2D eigenvalue weighted by molar-refractivity contribution is 0.416. The van der Waals surface area contributed by atoms with Crippen LogP contribution in [0, 0.1) is 0 Å². The first-order valence-electron chi connectivity index (χ1n) is 9.09. The third-order valence-electron chi connectivity index (χ3n) is 4.37. The Morgan fingerprint density at radius 2 is 1.90 bits per heavy atom. The third-order valence-corrected chi connectivity index (χ3v) is 6.55. The van der Waals surface area contributed by atoms with Gasteiger partial charge in [-0.05, 0) is 43.3 Å². The first-order valence-corrected chi connectivity index (χ1v) is 11.3. The average molecular weight is 443 g/mol. The van der Waals surface area contributed by atoms with Gasteiger partial charge in [0.2, 0.25) is 0 Å². The molecule has 0 atom stereocenters. The summed E-state index contributed by atoms with van der Waals surface area (Å²) in [5.74, 6) is 2.41. The summed E-state index contributed by atoms with van der Waals surface area (Å²) in [6, 6.07) is 15.6. The second kappa shape index (κ2) is 8.98. The first kappa shape index (κ1) is 19.9. The van der Waals surface area contributed by atoms with Crippen molar-refractivity contribution in [3.63, 3.8) is 0 Å². The Balaban J connectivity index is 1.51. The normalized spacial score (nSPS) is 11.0. The number of benzene rings is 2. The van der Waals surface area contributed by atoms with Crippen molar-refractivity contribution in [2.75, 3.05) is 7.11 Å². The summed E-state index contributed by atoms with van der Waals surface area (Å²) in [5.41, 5.74) is 3.03. The Kier molecular flexibility index (Phi) is 6.18. The van der Waals surface area contributed by atoms with Gasteiger partial charge >= 0.3 is 0 Å². The molecule has 0 spiro atoms. The fourth-order valence-electron chi connectivity index (χ4n) is 2.95. The van der Waals surface area contributed by atoms with Gasteiger partial charge in [-0.15, -0.1) is 21.5 Å². The van der Waals surface area contributed by atoms with Gasteiger partial charge in [0.05, 0.1) is 18.4 Å². The van der Waals surface area contributed by atoms with Gasteiger partial charge in [0.25, 0.3) is 0 Å². The molecule has 0 saturated carbocycles. The summed E-state index contributed by atoms with van der Waals surface area (Å²) in [4.78, 5) is 4.78. The fourth-order valence-corrected chi connectivity index (χ4v) is 4.93. The van der Waals surface area contributed by atoms with Gasteiger partial charge in [-0.1, -0.05) is 35.5 Å². The molecule has 4 aromatic rings. The van der Waals surface area contributed by atoms with E-state index in [1.54, 1.807) is 30.2 Å². The number of nitrogens with zero attached hydrogens (tertiary/aromatic N) is 4. The zero-order chi connectivity index (χ0) is 20.2. The van der Waals surface area contributed by atoms with Crippen LogP contribution in [0.5, 0.6) is 5.75 Å². The maximum atomic E-state index is 6.00. The molecule has 148 valence electrons. The lowest BCUT2D eigenvalue weighted by Gasteiger charge is -2.07. The third kappa shape index (κ3) is 4.32. The van der Waals surface area contributed by atoms with Crippen LogP contribution in [0.1, 0.15) is 12.6 Å². The molecule has 0 radical (unpaired) electrons. The SMILES string of the molecule is CCn1c(SCc2csc(-c3ccccc3OC)n2)nnc1-c1ccc(Cl)cc1. The summed E-state index contributed by atoms with van der Waals surface area (Å²) in [6.07, 6.45) is 0. The first-order chi connectivity index (χ1) is 14.2. The van der Waals surface area contributed by atoms with Crippen LogP contribution in [0.4, 0.5) is 0 Å². The Bertz CT molecular complexity index is 1110. The Morgan fingerprint density at radius 1 is 1.10 bits per heavy atom. The summed E-state index contributed by atoms with van der Waals surface area (Å²) in [6.45, 7) is 2.88. The number of thioether (sulfide) groups is 1. The van der Waals surface area contributed by atoms with E-state index in [4.69, 9.17) is 21.3 Å². The predicted molar refractivity (Wildman–Crippen MR) is 120 cm³/mol. The maximum absolute atomic E-state index is 6.00. The standard InChI is InChI=1S/C21H19ClN4OS2/c1-3-26-19(14-8-10-15(22)11-9-14)24-25-21(26)29-13-16-12-28-20(23-16)17-6-4-5-7-18(17)27-2/h4-12H,3,13H2,1-2H3. The highest BCUT2D eigenvalue weighted by molar-refractivity contribution is 7.98. The number of rotatable bonds is 7. The maximum Gasteiger partial charge on any atom is 0.191 e. The van der Waals surface area contributed by atoms with Gasteiger partial charge in [0.1, 0.15) is 10.8 Å². The Hall–Kier alpha value is -2.35. The minimum atomic E-state index is 0.709. The van der Waals surface area contributed by atoms with Crippen molar-refractivity contribution >= 4 is 34.7 Å². The van der Waals surface area contributed by atoms with Crippen molar-refractivity contribution in [2.45, 2.75) is 24.4 Å². The molecule has 0 aliphatic heterocycles. The van der Waals surface area contributed by atoms with Gasteiger partial charge in [-0.25, -0.2) is 4.98 Å². The molecule has 0 saturated heterocycles. The monoisotopic (exact) mass is 442 g/mol. The van der Waals surface area contributed by atoms with E-state index in [1.165, 1.54) is 0 Å². The molecule has 0 bridgehead atoms. The molecule has 29 heavy (non-hydrogen) atoms. The zero-order valence-electron chi connectivity index (χ0n) is 16.0. The molecule has 4 rings (SSSR count). The number of para-hydroxylation sites is 1. The highest BCUT2D eigenvalue weighted by Crippen LogP contribution is 2.33. The van der Waals surface area contributed by atoms with E-state index in [0.717, 1.165) is 50.9 Å². The number of halogens is 1. The van der Waals surface area contributed by atoms with Crippen molar-refractivity contribution < 1.29 is 4.74 Å². The van der Waals surface area contributed by atoms with Gasteiger partial charge in [-0.2, -0.15) is 0 Å². The van der Waals surface area contributed by atoms with Gasteiger partial charge in [0.15, 0.2) is 11.0 Å². The van der Waals surface area contributed by atoms with Crippen LogP contribution >= 0.6 is 34.7 Å². The smallest absolute Gasteiger partial charge is 0.191 e. The summed E-state index contributed by atoms with van der Waals surface area (Å²) < 4.78 is 7.56.